The largest absolute Gasteiger partial charge is 0.394 e. The molecular weight excluding hydrogens is 388 g/mol. The SMILES string of the molecule is [N-]=[N+]=NCCO[C@@H]1O[C@H](CO)[C@H](O)[C@H](O)[C@H]1NCc1ccc(-c2ccccc2)cc1. The second-order valence-electron chi connectivity index (χ2n) is 7.00. The quantitative estimate of drug-likeness (QED) is 0.213. The molecule has 30 heavy (non-hydrogen) atoms. The fourth-order valence-electron chi connectivity index (χ4n) is 3.38. The van der Waals surface area contributed by atoms with E-state index in [0.717, 1.165) is 16.7 Å². The van der Waals surface area contributed by atoms with Crippen LogP contribution in [-0.4, -0.2) is 65.7 Å². The Bertz CT molecular complexity index is 829. The molecule has 1 aliphatic heterocycles. The molecule has 9 nitrogen and oxygen atoms in total. The molecule has 0 radical (unpaired) electrons. The van der Waals surface area contributed by atoms with E-state index in [1.54, 1.807) is 0 Å². The summed E-state index contributed by atoms with van der Waals surface area (Å²) in [5.74, 6) is 0. The van der Waals surface area contributed by atoms with Gasteiger partial charge in [-0.2, -0.15) is 0 Å². The third-order valence-electron chi connectivity index (χ3n) is 5.02. The van der Waals surface area contributed by atoms with Crippen LogP contribution in [0.25, 0.3) is 21.6 Å². The molecule has 1 saturated heterocycles. The van der Waals surface area contributed by atoms with Crippen molar-refractivity contribution in [3.63, 3.8) is 0 Å². The number of ether oxygens (including phenoxy) is 2. The van der Waals surface area contributed by atoms with Crippen LogP contribution < -0.4 is 5.32 Å². The number of aliphatic hydroxyl groups is 3. The number of nitrogens with zero attached hydrogens (tertiary/aromatic N) is 3. The molecule has 0 unspecified atom stereocenters. The summed E-state index contributed by atoms with van der Waals surface area (Å²) in [7, 11) is 0. The van der Waals surface area contributed by atoms with Crippen molar-refractivity contribution < 1.29 is 24.8 Å². The van der Waals surface area contributed by atoms with E-state index in [1.165, 1.54) is 0 Å². The van der Waals surface area contributed by atoms with Crippen molar-refractivity contribution in [2.75, 3.05) is 19.8 Å². The molecule has 0 saturated carbocycles. The topological polar surface area (TPSA) is 140 Å². The number of hydrogen-bond donors (Lipinski definition) is 4. The van der Waals surface area contributed by atoms with E-state index >= 15 is 0 Å². The highest BCUT2D eigenvalue weighted by atomic mass is 16.7. The Hall–Kier alpha value is -2.49. The molecule has 1 aliphatic rings. The normalized spacial score (nSPS) is 26.2. The molecule has 3 rings (SSSR count). The first kappa shape index (κ1) is 22.2. The Balaban J connectivity index is 1.64. The third kappa shape index (κ3) is 5.56. The number of benzene rings is 2. The second-order valence-corrected chi connectivity index (χ2v) is 7.00. The lowest BCUT2D eigenvalue weighted by molar-refractivity contribution is -0.270. The van der Waals surface area contributed by atoms with E-state index in [4.69, 9.17) is 15.0 Å². The fraction of sp³-hybridized carbons (Fsp3) is 0.429. The number of rotatable bonds is 9. The van der Waals surface area contributed by atoms with Gasteiger partial charge < -0.3 is 30.1 Å². The number of hydrogen-bond acceptors (Lipinski definition) is 7. The summed E-state index contributed by atoms with van der Waals surface area (Å²) in [4.78, 5) is 2.66. The van der Waals surface area contributed by atoms with E-state index in [-0.39, 0.29) is 13.2 Å². The molecule has 1 fully saturated rings. The summed E-state index contributed by atoms with van der Waals surface area (Å²) >= 11 is 0. The van der Waals surface area contributed by atoms with Crippen LogP contribution in [0.15, 0.2) is 59.7 Å². The van der Waals surface area contributed by atoms with Crippen LogP contribution in [0, 0.1) is 0 Å². The van der Waals surface area contributed by atoms with Crippen molar-refractivity contribution in [2.24, 2.45) is 5.11 Å². The van der Waals surface area contributed by atoms with Crippen molar-refractivity contribution >= 4 is 0 Å². The standard InChI is InChI=1S/C21H26N4O5/c22-25-24-10-11-29-21-18(20(28)19(27)17(13-26)30-21)23-12-14-6-8-16(9-7-14)15-4-2-1-3-5-15/h1-9,17-21,23,26-28H,10-13H2/t17-,18-,19+,20-,21-/m1/s1. The van der Waals surface area contributed by atoms with E-state index in [2.05, 4.69) is 15.3 Å². The lowest BCUT2D eigenvalue weighted by Gasteiger charge is -2.42. The van der Waals surface area contributed by atoms with Gasteiger partial charge in [0, 0.05) is 18.0 Å². The van der Waals surface area contributed by atoms with Crippen LogP contribution in [0.4, 0.5) is 0 Å². The smallest absolute Gasteiger partial charge is 0.175 e. The zero-order valence-electron chi connectivity index (χ0n) is 16.4. The molecule has 9 heteroatoms. The summed E-state index contributed by atoms with van der Waals surface area (Å²) in [5, 5.41) is 36.7. The molecule has 4 N–H and O–H groups in total. The lowest BCUT2D eigenvalue weighted by atomic mass is 9.96. The van der Waals surface area contributed by atoms with Crippen LogP contribution in [0.5, 0.6) is 0 Å². The average Bonchev–Trinajstić information content (AvgIpc) is 2.79. The Morgan fingerprint density at radius 3 is 2.40 bits per heavy atom. The van der Waals surface area contributed by atoms with Crippen molar-refractivity contribution in [3.8, 4) is 11.1 Å². The maximum absolute atomic E-state index is 10.5. The molecule has 2 aromatic rings. The van der Waals surface area contributed by atoms with Gasteiger partial charge in [-0.15, -0.1) is 0 Å². The summed E-state index contributed by atoms with van der Waals surface area (Å²) < 4.78 is 11.2. The van der Waals surface area contributed by atoms with E-state index < -0.39 is 37.3 Å². The number of aliphatic hydroxyl groups excluding tert-OH is 3. The minimum atomic E-state index is -1.26. The van der Waals surface area contributed by atoms with E-state index in [0.29, 0.717) is 6.54 Å². The summed E-state index contributed by atoms with van der Waals surface area (Å²) in [6.07, 6.45) is -4.35. The zero-order chi connectivity index (χ0) is 21.3. The highest BCUT2D eigenvalue weighted by molar-refractivity contribution is 5.63. The van der Waals surface area contributed by atoms with Gasteiger partial charge in [0.1, 0.15) is 18.3 Å². The van der Waals surface area contributed by atoms with Crippen molar-refractivity contribution in [3.05, 3.63) is 70.6 Å². The van der Waals surface area contributed by atoms with Gasteiger partial charge in [0.15, 0.2) is 6.29 Å². The van der Waals surface area contributed by atoms with Crippen molar-refractivity contribution in [1.82, 2.24) is 5.32 Å². The molecule has 0 amide bonds. The summed E-state index contributed by atoms with van der Waals surface area (Å²) in [5.41, 5.74) is 11.6. The molecule has 160 valence electrons. The second kappa shape index (κ2) is 11.1. The maximum Gasteiger partial charge on any atom is 0.175 e. The predicted octanol–water partition coefficient (Wildman–Crippen LogP) is 1.58. The minimum Gasteiger partial charge on any atom is -0.394 e. The fourth-order valence-corrected chi connectivity index (χ4v) is 3.38. The van der Waals surface area contributed by atoms with Crippen LogP contribution in [0.3, 0.4) is 0 Å². The van der Waals surface area contributed by atoms with Crippen molar-refractivity contribution in [2.45, 2.75) is 37.2 Å². The molecule has 1 heterocycles. The average molecular weight is 414 g/mol. The Morgan fingerprint density at radius 2 is 1.73 bits per heavy atom. The molecule has 2 aromatic carbocycles. The van der Waals surface area contributed by atoms with Gasteiger partial charge in [-0.05, 0) is 22.2 Å². The van der Waals surface area contributed by atoms with Crippen LogP contribution in [-0.2, 0) is 16.0 Å². The van der Waals surface area contributed by atoms with Crippen LogP contribution >= 0.6 is 0 Å². The van der Waals surface area contributed by atoms with Gasteiger partial charge in [-0.1, -0.05) is 59.7 Å². The Kier molecular flexibility index (Phi) is 8.18. The number of azide groups is 1. The molecule has 0 spiro atoms. The first-order valence-electron chi connectivity index (χ1n) is 9.76. The van der Waals surface area contributed by atoms with Gasteiger partial charge in [-0.25, -0.2) is 0 Å². The lowest BCUT2D eigenvalue weighted by Crippen LogP contribution is -2.63. The van der Waals surface area contributed by atoms with E-state index in [9.17, 15) is 15.3 Å². The maximum atomic E-state index is 10.5. The highest BCUT2D eigenvalue weighted by Gasteiger charge is 2.44. The van der Waals surface area contributed by atoms with Gasteiger partial charge in [0.05, 0.1) is 19.3 Å². The van der Waals surface area contributed by atoms with Gasteiger partial charge in [0.25, 0.3) is 0 Å². The number of nitrogens with one attached hydrogen (secondary N) is 1. The molecule has 0 aliphatic carbocycles. The van der Waals surface area contributed by atoms with Crippen LogP contribution in [0.2, 0.25) is 0 Å². The van der Waals surface area contributed by atoms with Crippen LogP contribution in [0.1, 0.15) is 5.56 Å². The van der Waals surface area contributed by atoms with Gasteiger partial charge in [-0.3, -0.25) is 0 Å². The first-order chi connectivity index (χ1) is 14.6. The molecule has 0 bridgehead atoms. The monoisotopic (exact) mass is 414 g/mol. The summed E-state index contributed by atoms with van der Waals surface area (Å²) in [6.45, 7) is 0.140. The Morgan fingerprint density at radius 1 is 1.03 bits per heavy atom. The molecule has 5 atom stereocenters. The van der Waals surface area contributed by atoms with Gasteiger partial charge in [0.2, 0.25) is 0 Å². The third-order valence-corrected chi connectivity index (χ3v) is 5.02. The molecule has 0 aromatic heterocycles. The first-order valence-corrected chi connectivity index (χ1v) is 9.76. The van der Waals surface area contributed by atoms with E-state index in [1.807, 2.05) is 54.6 Å². The minimum absolute atomic E-state index is 0.0830. The zero-order valence-corrected chi connectivity index (χ0v) is 16.4. The van der Waals surface area contributed by atoms with Gasteiger partial charge >= 0.3 is 0 Å². The van der Waals surface area contributed by atoms with Crippen molar-refractivity contribution in [1.29, 1.82) is 0 Å². The summed E-state index contributed by atoms with van der Waals surface area (Å²) in [6, 6.07) is 17.3. The predicted molar refractivity (Wildman–Crippen MR) is 110 cm³/mol. The Labute approximate surface area is 174 Å². The molecular formula is C21H26N4O5. The highest BCUT2D eigenvalue weighted by Crippen LogP contribution is 2.23.